The summed E-state index contributed by atoms with van der Waals surface area (Å²) in [6.45, 7) is 10.2. The van der Waals surface area contributed by atoms with E-state index in [1.165, 1.54) is 0 Å². The van der Waals surface area contributed by atoms with Crippen molar-refractivity contribution in [1.29, 1.82) is 0 Å². The van der Waals surface area contributed by atoms with E-state index in [9.17, 15) is 14.4 Å². The first-order valence-electron chi connectivity index (χ1n) is 10.0. The molecule has 170 valence electrons. The molecule has 0 N–H and O–H groups in total. The fourth-order valence-corrected chi connectivity index (χ4v) is 11.8. The number of carbonyl (C=O) groups excluding carboxylic acids is 3. The van der Waals surface area contributed by atoms with Crippen molar-refractivity contribution in [2.45, 2.75) is 0 Å². The topological polar surface area (TPSA) is 78.9 Å². The number of rotatable bonds is 9. The summed E-state index contributed by atoms with van der Waals surface area (Å²) in [4.78, 5) is 36.0. The van der Waals surface area contributed by atoms with Crippen molar-refractivity contribution in [3.05, 3.63) is 128 Å². The zero-order valence-electron chi connectivity index (χ0n) is 18.2. The average molecular weight is 650 g/mol. The molecule has 34 heavy (non-hydrogen) atoms. The van der Waals surface area contributed by atoms with Crippen LogP contribution in [0.4, 0.5) is 0 Å². The van der Waals surface area contributed by atoms with E-state index in [0.717, 1.165) is 28.6 Å². The minimum absolute atomic E-state index is 0.414. The van der Waals surface area contributed by atoms with E-state index >= 15 is 0 Å². The Balaban J connectivity index is 2.01. The molecule has 0 radical (unpaired) electrons. The second kappa shape index (κ2) is 11.9. The van der Waals surface area contributed by atoms with Crippen LogP contribution in [0.3, 0.4) is 0 Å². The molecule has 6 nitrogen and oxygen atoms in total. The summed E-state index contributed by atoms with van der Waals surface area (Å²) in [6, 6.07) is 21.8. The van der Waals surface area contributed by atoms with Crippen molar-refractivity contribution in [3.8, 4) is 0 Å². The van der Waals surface area contributed by atoms with Gasteiger partial charge in [0.05, 0.1) is 0 Å². The first-order chi connectivity index (χ1) is 16.5. The summed E-state index contributed by atoms with van der Waals surface area (Å²) in [7, 11) is 0. The molecule has 3 rings (SSSR count). The maximum atomic E-state index is 12.0. The third kappa shape index (κ3) is 5.94. The monoisotopic (exact) mass is 650 g/mol. The molecule has 0 saturated carbocycles. The van der Waals surface area contributed by atoms with Gasteiger partial charge >= 0.3 is 206 Å². The molecule has 7 heteroatoms. The van der Waals surface area contributed by atoms with Crippen LogP contribution in [0.25, 0.3) is 0 Å². The molecule has 0 spiro atoms. The van der Waals surface area contributed by atoms with E-state index < -0.39 is 39.7 Å². The van der Waals surface area contributed by atoms with Crippen molar-refractivity contribution in [1.82, 2.24) is 0 Å². The molecule has 0 fully saturated rings. The first-order valence-corrected chi connectivity index (χ1v) is 15.3. The normalized spacial score (nSPS) is 10.1. The number of hydrogen-bond acceptors (Lipinski definition) is 6. The van der Waals surface area contributed by atoms with Crippen LogP contribution in [-0.2, 0) is 14.2 Å². The van der Waals surface area contributed by atoms with Crippen molar-refractivity contribution < 1.29 is 28.6 Å². The molecular weight excluding hydrogens is 629 g/mol. The van der Waals surface area contributed by atoms with Gasteiger partial charge in [-0.15, -0.1) is 0 Å². The Labute approximate surface area is 205 Å². The Hall–Kier alpha value is -3.83. The average Bonchev–Trinajstić information content (AvgIpc) is 2.86. The third-order valence-electron chi connectivity index (χ3n) is 4.65. The summed E-state index contributed by atoms with van der Waals surface area (Å²) < 4.78 is 17.8. The molecular formula is C27H21BiO6. The summed E-state index contributed by atoms with van der Waals surface area (Å²) in [5.41, 5.74) is 1.24. The molecule has 0 atom stereocenters. The molecule has 3 aromatic rings. The van der Waals surface area contributed by atoms with Gasteiger partial charge in [-0.1, -0.05) is 0 Å². The Morgan fingerprint density at radius 1 is 0.500 bits per heavy atom. The number of benzene rings is 3. The van der Waals surface area contributed by atoms with E-state index in [-0.39, 0.29) is 0 Å². The van der Waals surface area contributed by atoms with Crippen molar-refractivity contribution >= 4 is 49.5 Å². The Bertz CT molecular complexity index is 1060. The van der Waals surface area contributed by atoms with Crippen LogP contribution in [0.2, 0.25) is 0 Å². The van der Waals surface area contributed by atoms with Gasteiger partial charge in [0.15, 0.2) is 0 Å². The predicted molar refractivity (Wildman–Crippen MR) is 131 cm³/mol. The van der Waals surface area contributed by atoms with Crippen molar-refractivity contribution in [3.63, 3.8) is 0 Å². The van der Waals surface area contributed by atoms with Crippen molar-refractivity contribution in [2.75, 3.05) is 0 Å². The van der Waals surface area contributed by atoms with Crippen LogP contribution in [0.15, 0.2) is 111 Å². The standard InChI is InChI=1S/3C9H7O2.Bi/c3*1-2-11-9(10)8-6-4-3-5-7-8;/h3*2,4-7H,1H2;. The summed E-state index contributed by atoms with van der Waals surface area (Å²) >= 11 is -2.86. The van der Waals surface area contributed by atoms with E-state index in [4.69, 9.17) is 14.2 Å². The molecule has 0 unspecified atom stereocenters. The first kappa shape index (κ1) is 24.8. The van der Waals surface area contributed by atoms with Gasteiger partial charge in [0.1, 0.15) is 0 Å². The molecule has 3 aromatic carbocycles. The number of carbonyl (C=O) groups is 3. The Morgan fingerprint density at radius 3 is 0.941 bits per heavy atom. The molecule has 0 aliphatic heterocycles. The van der Waals surface area contributed by atoms with E-state index in [0.29, 0.717) is 16.7 Å². The zero-order chi connectivity index (χ0) is 24.5. The van der Waals surface area contributed by atoms with Crippen LogP contribution in [0.1, 0.15) is 31.1 Å². The minimum atomic E-state index is -2.86. The van der Waals surface area contributed by atoms with Crippen LogP contribution in [0, 0.1) is 0 Å². The summed E-state index contributed by atoms with van der Waals surface area (Å²) in [5.74, 6) is -1.45. The van der Waals surface area contributed by atoms with Gasteiger partial charge in [0.25, 0.3) is 0 Å². The SMILES string of the molecule is C=COC(=O)c1cc[c]([Bi]([c]2ccc(C(=O)OC=C)cc2)[c]2ccc(C(=O)OC=C)cc2)cc1. The molecule has 0 saturated heterocycles. The predicted octanol–water partition coefficient (Wildman–Crippen LogP) is 3.10. The van der Waals surface area contributed by atoms with Gasteiger partial charge in [-0.2, -0.15) is 0 Å². The fraction of sp³-hybridized carbons (Fsp3) is 0. The van der Waals surface area contributed by atoms with Crippen LogP contribution in [-0.4, -0.2) is 39.7 Å². The van der Waals surface area contributed by atoms with Gasteiger partial charge in [-0.05, 0) is 0 Å². The van der Waals surface area contributed by atoms with Gasteiger partial charge in [0, 0.05) is 0 Å². The number of hydrogen-bond donors (Lipinski definition) is 0. The van der Waals surface area contributed by atoms with Crippen LogP contribution in [0.5, 0.6) is 0 Å². The Kier molecular flexibility index (Phi) is 8.66. The summed E-state index contributed by atoms with van der Waals surface area (Å²) in [6.07, 6.45) is 3.28. The Morgan fingerprint density at radius 2 is 0.735 bits per heavy atom. The van der Waals surface area contributed by atoms with Crippen molar-refractivity contribution in [2.24, 2.45) is 0 Å². The van der Waals surface area contributed by atoms with Gasteiger partial charge in [0.2, 0.25) is 0 Å². The number of ether oxygens (including phenoxy) is 3. The second-order valence-corrected chi connectivity index (χ2v) is 15.3. The zero-order valence-corrected chi connectivity index (χ0v) is 21.7. The fourth-order valence-electron chi connectivity index (χ4n) is 3.12. The van der Waals surface area contributed by atoms with E-state index in [1.807, 2.05) is 36.4 Å². The number of esters is 3. The van der Waals surface area contributed by atoms with E-state index in [1.54, 1.807) is 36.4 Å². The molecule has 0 aliphatic rings. The quantitative estimate of drug-likeness (QED) is 0.154. The van der Waals surface area contributed by atoms with Crippen LogP contribution < -0.4 is 9.81 Å². The van der Waals surface area contributed by atoms with Gasteiger partial charge in [-0.25, -0.2) is 0 Å². The van der Waals surface area contributed by atoms with E-state index in [2.05, 4.69) is 19.7 Å². The van der Waals surface area contributed by atoms with Crippen LogP contribution >= 0.6 is 0 Å². The molecule has 0 heterocycles. The maximum absolute atomic E-state index is 12.0. The molecule has 0 amide bonds. The van der Waals surface area contributed by atoms with Gasteiger partial charge < -0.3 is 0 Å². The van der Waals surface area contributed by atoms with Gasteiger partial charge in [-0.3, -0.25) is 0 Å². The molecule has 0 aliphatic carbocycles. The second-order valence-electron chi connectivity index (χ2n) is 6.69. The molecule has 0 aromatic heterocycles. The molecule has 0 bridgehead atoms. The summed E-state index contributed by atoms with van der Waals surface area (Å²) in [5, 5.41) is 0. The third-order valence-corrected chi connectivity index (χ3v) is 14.2.